The van der Waals surface area contributed by atoms with Gasteiger partial charge in [-0.2, -0.15) is 0 Å². The number of piperidine rings is 1. The highest BCUT2D eigenvalue weighted by molar-refractivity contribution is 6.01. The largest absolute Gasteiger partial charge is 0.489 e. The van der Waals surface area contributed by atoms with Crippen molar-refractivity contribution in [1.29, 1.82) is 0 Å². The highest BCUT2D eigenvalue weighted by atomic mass is 16.7. The summed E-state index contributed by atoms with van der Waals surface area (Å²) in [4.78, 5) is 2.37. The number of methoxy groups -OCH3 is 2. The molecule has 1 fully saturated rings. The Kier molecular flexibility index (Phi) is 6.79. The molecule has 1 heterocycles. The molecule has 0 atom stereocenters. The SMILES string of the molecule is [2H]c1c([2H])c([2H])c(C2=C(c3ccc(N4CCC(C(OC)OC)CC4)cc3)c3ccc(OCc4ccccc4)cc3CC2)c([2H])c1[2H]. The monoisotopic (exact) mass is 550 g/mol. The average Bonchev–Trinajstić information content (AvgIpc) is 3.10. The van der Waals surface area contributed by atoms with Gasteiger partial charge in [-0.15, -0.1) is 0 Å². The van der Waals surface area contributed by atoms with Gasteiger partial charge in [-0.3, -0.25) is 0 Å². The Balaban J connectivity index is 1.37. The minimum atomic E-state index is -0.382. The zero-order chi connectivity index (χ0) is 32.4. The average molecular weight is 551 g/mol. The van der Waals surface area contributed by atoms with Crippen molar-refractivity contribution >= 4 is 16.8 Å². The van der Waals surface area contributed by atoms with Crippen molar-refractivity contribution in [3.05, 3.63) is 131 Å². The molecule has 0 aromatic heterocycles. The molecule has 0 amide bonds. The molecule has 4 heteroatoms. The van der Waals surface area contributed by atoms with Gasteiger partial charge in [0.15, 0.2) is 6.29 Å². The summed E-state index contributed by atoms with van der Waals surface area (Å²) in [7, 11) is 3.38. The number of aryl methyl sites for hydroxylation is 1. The van der Waals surface area contributed by atoms with Crippen molar-refractivity contribution in [2.24, 2.45) is 5.92 Å². The van der Waals surface area contributed by atoms with Gasteiger partial charge in [0.25, 0.3) is 0 Å². The van der Waals surface area contributed by atoms with Gasteiger partial charge in [0.05, 0.1) is 6.85 Å². The van der Waals surface area contributed by atoms with Gasteiger partial charge in [-0.25, -0.2) is 0 Å². The second kappa shape index (κ2) is 12.8. The number of anilines is 1. The van der Waals surface area contributed by atoms with E-state index in [-0.39, 0.29) is 42.1 Å². The number of hydrogen-bond donors (Lipinski definition) is 0. The topological polar surface area (TPSA) is 30.9 Å². The lowest BCUT2D eigenvalue weighted by molar-refractivity contribution is -0.141. The molecule has 0 spiro atoms. The van der Waals surface area contributed by atoms with Gasteiger partial charge >= 0.3 is 0 Å². The molecule has 0 radical (unpaired) electrons. The molecule has 2 aliphatic rings. The first kappa shape index (κ1) is 21.8. The van der Waals surface area contributed by atoms with Gasteiger partial charge in [-0.1, -0.05) is 78.7 Å². The number of fused-ring (bicyclic) bond motifs is 1. The van der Waals surface area contributed by atoms with Crippen molar-refractivity contribution in [3.8, 4) is 5.75 Å². The molecule has 41 heavy (non-hydrogen) atoms. The third-order valence-electron chi connectivity index (χ3n) is 8.25. The van der Waals surface area contributed by atoms with Crippen molar-refractivity contribution in [1.82, 2.24) is 0 Å². The fraction of sp³-hybridized carbons (Fsp3) is 0.297. The Morgan fingerprint density at radius 1 is 0.829 bits per heavy atom. The van der Waals surface area contributed by atoms with Crippen LogP contribution in [0, 0.1) is 5.92 Å². The quantitative estimate of drug-likeness (QED) is 0.198. The fourth-order valence-corrected chi connectivity index (χ4v) is 6.13. The first-order valence-corrected chi connectivity index (χ1v) is 14.3. The summed E-state index contributed by atoms with van der Waals surface area (Å²) >= 11 is 0. The Hall–Kier alpha value is -3.86. The molecule has 0 unspecified atom stereocenters. The summed E-state index contributed by atoms with van der Waals surface area (Å²) in [5.74, 6) is 1.13. The molecule has 1 aliphatic heterocycles. The van der Waals surface area contributed by atoms with Gasteiger partial charge < -0.3 is 19.1 Å². The van der Waals surface area contributed by atoms with E-state index in [1.54, 1.807) is 14.2 Å². The summed E-state index contributed by atoms with van der Waals surface area (Å²) in [6.07, 6.45) is 2.96. The fourth-order valence-electron chi connectivity index (χ4n) is 6.13. The van der Waals surface area contributed by atoms with Crippen LogP contribution in [-0.2, 0) is 22.5 Å². The van der Waals surface area contributed by atoms with Crippen molar-refractivity contribution in [2.45, 2.75) is 38.6 Å². The number of hydrogen-bond acceptors (Lipinski definition) is 4. The van der Waals surface area contributed by atoms with E-state index >= 15 is 0 Å². The highest BCUT2D eigenvalue weighted by Gasteiger charge is 2.27. The van der Waals surface area contributed by atoms with Gasteiger partial charge in [0.1, 0.15) is 12.4 Å². The molecule has 0 N–H and O–H groups in total. The van der Waals surface area contributed by atoms with Crippen LogP contribution in [0.3, 0.4) is 0 Å². The van der Waals surface area contributed by atoms with Gasteiger partial charge in [-0.05, 0) is 88.9 Å². The van der Waals surface area contributed by atoms with Crippen molar-refractivity contribution in [3.63, 3.8) is 0 Å². The van der Waals surface area contributed by atoms with Crippen LogP contribution in [0.2, 0.25) is 0 Å². The summed E-state index contributed by atoms with van der Waals surface area (Å²) < 4.78 is 59.5. The molecule has 4 nitrogen and oxygen atoms in total. The van der Waals surface area contributed by atoms with Crippen LogP contribution in [-0.4, -0.2) is 33.6 Å². The molecule has 0 bridgehead atoms. The lowest BCUT2D eigenvalue weighted by Gasteiger charge is -2.36. The Bertz CT molecular complexity index is 1700. The van der Waals surface area contributed by atoms with Crippen LogP contribution in [0.15, 0.2) is 103 Å². The lowest BCUT2D eigenvalue weighted by atomic mass is 9.79. The van der Waals surface area contributed by atoms with E-state index in [1.807, 2.05) is 42.5 Å². The van der Waals surface area contributed by atoms with Crippen molar-refractivity contribution < 1.29 is 21.1 Å². The minimum Gasteiger partial charge on any atom is -0.489 e. The zero-order valence-electron chi connectivity index (χ0n) is 28.7. The first-order valence-electron chi connectivity index (χ1n) is 16.8. The van der Waals surface area contributed by atoms with E-state index in [0.29, 0.717) is 25.4 Å². The maximum atomic E-state index is 8.77. The smallest absolute Gasteiger partial charge is 0.159 e. The third kappa shape index (κ3) is 6.09. The second-order valence-electron chi connectivity index (χ2n) is 10.7. The third-order valence-corrected chi connectivity index (χ3v) is 8.25. The predicted octanol–water partition coefficient (Wildman–Crippen LogP) is 8.01. The molecule has 210 valence electrons. The van der Waals surface area contributed by atoms with Crippen molar-refractivity contribution in [2.75, 3.05) is 32.2 Å². The van der Waals surface area contributed by atoms with Crippen LogP contribution in [0.5, 0.6) is 5.75 Å². The molecular weight excluding hydrogens is 506 g/mol. The number of nitrogens with zero attached hydrogens (tertiary/aromatic N) is 1. The maximum Gasteiger partial charge on any atom is 0.159 e. The number of ether oxygens (including phenoxy) is 3. The van der Waals surface area contributed by atoms with E-state index in [9.17, 15) is 0 Å². The Morgan fingerprint density at radius 2 is 1.56 bits per heavy atom. The van der Waals surface area contributed by atoms with E-state index in [0.717, 1.165) is 70.8 Å². The minimum absolute atomic E-state index is 0.172. The van der Waals surface area contributed by atoms with Crippen LogP contribution >= 0.6 is 0 Å². The lowest BCUT2D eigenvalue weighted by Crippen LogP contribution is -2.39. The van der Waals surface area contributed by atoms with Crippen LogP contribution in [0.1, 0.15) is 53.9 Å². The molecule has 4 aromatic carbocycles. The summed E-state index contributed by atoms with van der Waals surface area (Å²) in [5, 5.41) is 0. The van der Waals surface area contributed by atoms with E-state index in [1.165, 1.54) is 0 Å². The van der Waals surface area contributed by atoms with E-state index in [2.05, 4.69) is 35.2 Å². The van der Waals surface area contributed by atoms with E-state index < -0.39 is 0 Å². The zero-order valence-corrected chi connectivity index (χ0v) is 23.7. The molecule has 4 aromatic rings. The predicted molar refractivity (Wildman–Crippen MR) is 167 cm³/mol. The van der Waals surface area contributed by atoms with Crippen LogP contribution in [0.25, 0.3) is 11.1 Å². The molecular formula is C37H39NO3. The van der Waals surface area contributed by atoms with Gasteiger partial charge in [0, 0.05) is 38.9 Å². The number of benzene rings is 4. The molecule has 0 saturated carbocycles. The normalized spacial score (nSPS) is 17.4. The maximum absolute atomic E-state index is 8.77. The van der Waals surface area contributed by atoms with E-state index in [4.69, 9.17) is 21.1 Å². The highest BCUT2D eigenvalue weighted by Crippen LogP contribution is 2.42. The number of allylic oxidation sites excluding steroid dienone is 1. The molecule has 1 aliphatic carbocycles. The summed E-state index contributed by atoms with van der Waals surface area (Å²) in [6.45, 7) is 2.27. The van der Waals surface area contributed by atoms with Gasteiger partial charge in [0.2, 0.25) is 0 Å². The summed E-state index contributed by atoms with van der Waals surface area (Å²) in [5.41, 5.74) is 7.17. The van der Waals surface area contributed by atoms with Crippen LogP contribution in [0.4, 0.5) is 5.69 Å². The first-order chi connectivity index (χ1) is 22.3. The molecule has 6 rings (SSSR count). The summed E-state index contributed by atoms with van der Waals surface area (Å²) in [6, 6.07) is 23.2. The number of rotatable bonds is 9. The second-order valence-corrected chi connectivity index (χ2v) is 10.7. The Morgan fingerprint density at radius 3 is 2.27 bits per heavy atom. The standard InChI is InChI=1S/C37H39NO3/c1-39-37(40-2)30-21-23-38(24-22-30)32-16-13-29(14-17-32)36-34(28-11-7-4-8-12-28)19-15-31-25-33(18-20-35(31)36)41-26-27-9-5-3-6-10-27/h3-14,16-18,20,25,30,37H,15,19,21-24,26H2,1-2H3/i4D,7D,8D,11D,12D. The Labute approximate surface area is 251 Å². The van der Waals surface area contributed by atoms with Crippen LogP contribution < -0.4 is 9.64 Å². The molecule has 1 saturated heterocycles.